The molecule has 0 spiro atoms. The highest BCUT2D eigenvalue weighted by Gasteiger charge is 2.32. The number of carboxylic acid groups (broad SMARTS) is 1. The number of benzene rings is 2. The first kappa shape index (κ1) is 22.9. The first-order chi connectivity index (χ1) is 15.3. The van der Waals surface area contributed by atoms with E-state index >= 15 is 0 Å². The summed E-state index contributed by atoms with van der Waals surface area (Å²) in [5.41, 5.74) is 1.44. The Balaban J connectivity index is 1.86. The number of urea groups is 1. The van der Waals surface area contributed by atoms with E-state index in [9.17, 15) is 14.4 Å². The summed E-state index contributed by atoms with van der Waals surface area (Å²) < 4.78 is 11.5. The lowest BCUT2D eigenvalue weighted by Crippen LogP contribution is -2.30. The predicted molar refractivity (Wildman–Crippen MR) is 119 cm³/mol. The third-order valence-corrected chi connectivity index (χ3v) is 4.75. The van der Waals surface area contributed by atoms with Crippen molar-refractivity contribution < 1.29 is 29.0 Å². The molecular formula is C23H21ClN2O6. The van der Waals surface area contributed by atoms with Gasteiger partial charge in [-0.3, -0.25) is 9.69 Å². The van der Waals surface area contributed by atoms with Gasteiger partial charge in [0, 0.05) is 6.54 Å². The maximum atomic E-state index is 12.4. The van der Waals surface area contributed by atoms with Crippen molar-refractivity contribution in [2.45, 2.75) is 13.5 Å². The fraction of sp³-hybridized carbons (Fsp3) is 0.174. The molecule has 0 aromatic heterocycles. The molecule has 2 aromatic carbocycles. The average molecular weight is 457 g/mol. The van der Waals surface area contributed by atoms with Gasteiger partial charge in [-0.25, -0.2) is 9.59 Å². The Morgan fingerprint density at radius 1 is 1.25 bits per heavy atom. The van der Waals surface area contributed by atoms with Gasteiger partial charge < -0.3 is 19.9 Å². The van der Waals surface area contributed by atoms with Gasteiger partial charge in [0.2, 0.25) is 0 Å². The Labute approximate surface area is 189 Å². The van der Waals surface area contributed by atoms with Crippen molar-refractivity contribution >= 4 is 35.6 Å². The molecule has 3 amide bonds. The maximum absolute atomic E-state index is 12.4. The van der Waals surface area contributed by atoms with Crippen molar-refractivity contribution in [1.29, 1.82) is 0 Å². The van der Waals surface area contributed by atoms with Crippen LogP contribution >= 0.6 is 11.6 Å². The van der Waals surface area contributed by atoms with Crippen LogP contribution in [0.25, 0.3) is 6.08 Å². The van der Waals surface area contributed by atoms with Gasteiger partial charge in [-0.1, -0.05) is 29.8 Å². The van der Waals surface area contributed by atoms with E-state index in [4.69, 9.17) is 26.2 Å². The van der Waals surface area contributed by atoms with Gasteiger partial charge in [0.05, 0.1) is 17.2 Å². The number of nitrogens with zero attached hydrogens (tertiary/aromatic N) is 1. The molecular weight excluding hydrogens is 436 g/mol. The highest BCUT2D eigenvalue weighted by Crippen LogP contribution is 2.38. The first-order valence-electron chi connectivity index (χ1n) is 9.70. The molecule has 0 radical (unpaired) electrons. The normalized spacial score (nSPS) is 14.4. The Morgan fingerprint density at radius 3 is 2.72 bits per heavy atom. The van der Waals surface area contributed by atoms with Crippen molar-refractivity contribution in [2.24, 2.45) is 0 Å². The zero-order valence-electron chi connectivity index (χ0n) is 17.3. The van der Waals surface area contributed by atoms with E-state index < -0.39 is 17.9 Å². The number of carbonyl (C=O) groups excluding carboxylic acids is 2. The summed E-state index contributed by atoms with van der Waals surface area (Å²) in [4.78, 5) is 36.5. The molecule has 0 aliphatic carbocycles. The van der Waals surface area contributed by atoms with Crippen LogP contribution in [0.2, 0.25) is 5.02 Å². The fourth-order valence-corrected chi connectivity index (χ4v) is 3.33. The van der Waals surface area contributed by atoms with Gasteiger partial charge in [-0.15, -0.1) is 6.58 Å². The van der Waals surface area contributed by atoms with Gasteiger partial charge in [0.1, 0.15) is 12.3 Å². The van der Waals surface area contributed by atoms with E-state index in [1.165, 1.54) is 24.3 Å². The van der Waals surface area contributed by atoms with E-state index in [-0.39, 0.29) is 35.2 Å². The van der Waals surface area contributed by atoms with Crippen LogP contribution in [0.1, 0.15) is 28.4 Å². The van der Waals surface area contributed by atoms with Crippen LogP contribution in [-0.4, -0.2) is 41.1 Å². The van der Waals surface area contributed by atoms with Gasteiger partial charge in [0.15, 0.2) is 11.5 Å². The number of rotatable bonds is 9. The molecule has 0 saturated carbocycles. The second kappa shape index (κ2) is 10.0. The van der Waals surface area contributed by atoms with Crippen LogP contribution in [-0.2, 0) is 11.4 Å². The van der Waals surface area contributed by atoms with E-state index in [1.54, 1.807) is 31.2 Å². The predicted octanol–water partition coefficient (Wildman–Crippen LogP) is 4.09. The van der Waals surface area contributed by atoms with Crippen LogP contribution in [0.5, 0.6) is 11.5 Å². The van der Waals surface area contributed by atoms with Crippen LogP contribution in [0.3, 0.4) is 0 Å². The van der Waals surface area contributed by atoms with E-state index in [1.807, 2.05) is 0 Å². The molecule has 1 fully saturated rings. The Hall–Kier alpha value is -3.78. The third kappa shape index (κ3) is 5.09. The molecule has 2 N–H and O–H groups in total. The topological polar surface area (TPSA) is 105 Å². The van der Waals surface area contributed by atoms with Crippen molar-refractivity contribution in [2.75, 3.05) is 13.2 Å². The standard InChI is InChI=1S/C23H21ClN2O6/c1-3-8-26-21(27)18(25-23(26)30)11-15-10-17(24)20(19(12-15)31-4-2)32-13-14-6-5-7-16(9-14)22(28)29/h3,5-7,9-12H,1,4,8,13H2,2H3,(H,25,30)(H,28,29)/b18-11+. The molecule has 0 atom stereocenters. The van der Waals surface area contributed by atoms with Crippen LogP contribution in [0.15, 0.2) is 54.8 Å². The van der Waals surface area contributed by atoms with Gasteiger partial charge in [0.25, 0.3) is 5.91 Å². The fourth-order valence-electron chi connectivity index (χ4n) is 3.06. The number of aromatic carboxylic acids is 1. The van der Waals surface area contributed by atoms with Gasteiger partial charge in [-0.2, -0.15) is 0 Å². The summed E-state index contributed by atoms with van der Waals surface area (Å²) in [6.45, 7) is 5.85. The SMILES string of the molecule is C=CCN1C(=O)N/C(=C/c2cc(Cl)c(OCc3cccc(C(=O)O)c3)c(OCC)c2)C1=O. The number of amides is 3. The summed E-state index contributed by atoms with van der Waals surface area (Å²) >= 11 is 6.42. The number of carboxylic acids is 1. The molecule has 1 heterocycles. The lowest BCUT2D eigenvalue weighted by molar-refractivity contribution is -0.122. The lowest BCUT2D eigenvalue weighted by Gasteiger charge is -2.15. The second-order valence-electron chi connectivity index (χ2n) is 6.75. The summed E-state index contributed by atoms with van der Waals surface area (Å²) in [5, 5.41) is 11.9. The number of imide groups is 1. The van der Waals surface area contributed by atoms with Crippen molar-refractivity contribution in [3.05, 3.63) is 76.5 Å². The summed E-state index contributed by atoms with van der Waals surface area (Å²) in [6.07, 6.45) is 2.96. The number of hydrogen-bond donors (Lipinski definition) is 2. The minimum Gasteiger partial charge on any atom is -0.490 e. The Morgan fingerprint density at radius 2 is 2.03 bits per heavy atom. The lowest BCUT2D eigenvalue weighted by atomic mass is 10.1. The molecule has 1 aliphatic rings. The van der Waals surface area contributed by atoms with Crippen LogP contribution < -0.4 is 14.8 Å². The molecule has 0 unspecified atom stereocenters. The number of hydrogen-bond acceptors (Lipinski definition) is 5. The quantitative estimate of drug-likeness (QED) is 0.334. The summed E-state index contributed by atoms with van der Waals surface area (Å²) in [6, 6.07) is 9.07. The first-order valence-corrected chi connectivity index (χ1v) is 10.1. The zero-order valence-corrected chi connectivity index (χ0v) is 18.0. The number of halogens is 1. The highest BCUT2D eigenvalue weighted by atomic mass is 35.5. The van der Waals surface area contributed by atoms with Crippen molar-refractivity contribution in [1.82, 2.24) is 10.2 Å². The largest absolute Gasteiger partial charge is 0.490 e. The van der Waals surface area contributed by atoms with Crippen LogP contribution in [0, 0.1) is 0 Å². The number of ether oxygens (including phenoxy) is 2. The zero-order chi connectivity index (χ0) is 23.3. The van der Waals surface area contributed by atoms with Crippen molar-refractivity contribution in [3.63, 3.8) is 0 Å². The highest BCUT2D eigenvalue weighted by molar-refractivity contribution is 6.32. The smallest absolute Gasteiger partial charge is 0.335 e. The molecule has 1 saturated heterocycles. The van der Waals surface area contributed by atoms with Gasteiger partial charge >= 0.3 is 12.0 Å². The minimum atomic E-state index is -1.03. The van der Waals surface area contributed by atoms with E-state index in [0.717, 1.165) is 4.90 Å². The van der Waals surface area contributed by atoms with Gasteiger partial charge in [-0.05, 0) is 48.4 Å². The monoisotopic (exact) mass is 456 g/mol. The molecule has 166 valence electrons. The average Bonchev–Trinajstić information content (AvgIpc) is 3.01. The summed E-state index contributed by atoms with van der Waals surface area (Å²) in [5.74, 6) is -0.868. The molecule has 8 nitrogen and oxygen atoms in total. The molecule has 32 heavy (non-hydrogen) atoms. The van der Waals surface area contributed by atoms with E-state index in [2.05, 4.69) is 11.9 Å². The molecule has 2 aromatic rings. The minimum absolute atomic E-state index is 0.0758. The third-order valence-electron chi connectivity index (χ3n) is 4.47. The number of carbonyl (C=O) groups is 3. The molecule has 9 heteroatoms. The molecule has 3 rings (SSSR count). The molecule has 0 bridgehead atoms. The maximum Gasteiger partial charge on any atom is 0.335 e. The van der Waals surface area contributed by atoms with Crippen LogP contribution in [0.4, 0.5) is 4.79 Å². The summed E-state index contributed by atoms with van der Waals surface area (Å²) in [7, 11) is 0. The second-order valence-corrected chi connectivity index (χ2v) is 7.16. The molecule has 1 aliphatic heterocycles. The Kier molecular flexibility index (Phi) is 7.17. The van der Waals surface area contributed by atoms with Crippen molar-refractivity contribution in [3.8, 4) is 11.5 Å². The number of nitrogens with one attached hydrogen (secondary N) is 1. The Bertz CT molecular complexity index is 1110. The van der Waals surface area contributed by atoms with E-state index in [0.29, 0.717) is 23.5 Å².